The summed E-state index contributed by atoms with van der Waals surface area (Å²) < 4.78 is 1.40. The van der Waals surface area contributed by atoms with Crippen molar-refractivity contribution in [2.75, 3.05) is 7.05 Å². The lowest BCUT2D eigenvalue weighted by molar-refractivity contribution is 0.578. The van der Waals surface area contributed by atoms with Gasteiger partial charge in [0.25, 0.3) is 0 Å². The Morgan fingerprint density at radius 1 is 1.10 bits per heavy atom. The number of benzene rings is 1. The molecular weight excluding hydrogens is 262 g/mol. The SMILES string of the molecule is CNC(/C1=C/CCCCCC1)c1cc2ccccc2s1. The normalized spacial score (nSPS) is 20.9. The van der Waals surface area contributed by atoms with Gasteiger partial charge in [0, 0.05) is 9.58 Å². The molecule has 1 nitrogen and oxygen atoms in total. The van der Waals surface area contributed by atoms with Gasteiger partial charge in [-0.05, 0) is 50.2 Å². The smallest absolute Gasteiger partial charge is 0.0628 e. The Morgan fingerprint density at radius 3 is 2.80 bits per heavy atom. The molecule has 1 N–H and O–H groups in total. The minimum absolute atomic E-state index is 0.408. The third-order valence-corrected chi connectivity index (χ3v) is 5.40. The summed E-state index contributed by atoms with van der Waals surface area (Å²) in [7, 11) is 2.09. The van der Waals surface area contributed by atoms with Crippen molar-refractivity contribution in [3.8, 4) is 0 Å². The molecule has 1 aliphatic rings. The first-order valence-corrected chi connectivity index (χ1v) is 8.55. The van der Waals surface area contributed by atoms with E-state index in [1.54, 1.807) is 5.57 Å². The van der Waals surface area contributed by atoms with Crippen LogP contribution in [0, 0.1) is 0 Å². The summed E-state index contributed by atoms with van der Waals surface area (Å²) in [6.45, 7) is 0. The highest BCUT2D eigenvalue weighted by molar-refractivity contribution is 7.19. The molecular formula is C18H23NS. The minimum Gasteiger partial charge on any atom is -0.309 e. The maximum absolute atomic E-state index is 3.54. The van der Waals surface area contributed by atoms with Crippen LogP contribution in [0.25, 0.3) is 10.1 Å². The first-order valence-electron chi connectivity index (χ1n) is 7.73. The van der Waals surface area contributed by atoms with Crippen LogP contribution in [-0.4, -0.2) is 7.05 Å². The Hall–Kier alpha value is -1.12. The minimum atomic E-state index is 0.408. The molecule has 2 aromatic rings. The molecule has 0 saturated carbocycles. The molecule has 1 aromatic carbocycles. The maximum Gasteiger partial charge on any atom is 0.0628 e. The zero-order valence-corrected chi connectivity index (χ0v) is 13.0. The molecule has 2 heteroatoms. The Bertz CT molecular complexity index is 563. The summed E-state index contributed by atoms with van der Waals surface area (Å²) in [5.41, 5.74) is 1.60. The van der Waals surface area contributed by atoms with Crippen LogP contribution < -0.4 is 5.32 Å². The molecule has 0 radical (unpaired) electrons. The summed E-state index contributed by atoms with van der Waals surface area (Å²) in [4.78, 5) is 1.46. The van der Waals surface area contributed by atoms with E-state index in [1.807, 2.05) is 11.3 Å². The highest BCUT2D eigenvalue weighted by Gasteiger charge is 2.17. The molecule has 0 amide bonds. The van der Waals surface area contributed by atoms with Crippen molar-refractivity contribution in [2.24, 2.45) is 0 Å². The van der Waals surface area contributed by atoms with E-state index in [0.29, 0.717) is 6.04 Å². The quantitative estimate of drug-likeness (QED) is 0.740. The summed E-state index contributed by atoms with van der Waals surface area (Å²) in [6.07, 6.45) is 10.5. The van der Waals surface area contributed by atoms with E-state index >= 15 is 0 Å². The summed E-state index contributed by atoms with van der Waals surface area (Å²) in [6, 6.07) is 11.5. The van der Waals surface area contributed by atoms with E-state index in [0.717, 1.165) is 0 Å². The van der Waals surface area contributed by atoms with E-state index in [-0.39, 0.29) is 0 Å². The third-order valence-electron chi connectivity index (χ3n) is 4.21. The highest BCUT2D eigenvalue weighted by Crippen LogP contribution is 2.35. The molecule has 0 spiro atoms. The van der Waals surface area contributed by atoms with E-state index in [9.17, 15) is 0 Å². The summed E-state index contributed by atoms with van der Waals surface area (Å²) in [5, 5.41) is 4.91. The van der Waals surface area contributed by atoms with Gasteiger partial charge >= 0.3 is 0 Å². The number of hydrogen-bond acceptors (Lipinski definition) is 2. The van der Waals surface area contributed by atoms with E-state index in [1.165, 1.54) is 53.5 Å². The second-order valence-corrected chi connectivity index (χ2v) is 6.76. The number of nitrogens with one attached hydrogen (secondary N) is 1. The predicted molar refractivity (Wildman–Crippen MR) is 89.4 cm³/mol. The standard InChI is InChI=1S/C18H23NS/c1-19-18(14-9-5-3-2-4-6-10-14)17-13-15-11-7-8-12-16(15)20-17/h7-9,11-13,18-19H,2-6,10H2,1H3/b14-9+. The zero-order chi connectivity index (χ0) is 13.8. The molecule has 0 bridgehead atoms. The molecule has 1 aliphatic carbocycles. The molecule has 0 aliphatic heterocycles. The van der Waals surface area contributed by atoms with E-state index < -0.39 is 0 Å². The number of hydrogen-bond donors (Lipinski definition) is 1. The van der Waals surface area contributed by atoms with Crippen LogP contribution in [-0.2, 0) is 0 Å². The second-order valence-electron chi connectivity index (χ2n) is 5.64. The Balaban J connectivity index is 1.91. The van der Waals surface area contributed by atoms with Crippen molar-refractivity contribution >= 4 is 21.4 Å². The molecule has 1 aromatic heterocycles. The van der Waals surface area contributed by atoms with Crippen molar-refractivity contribution in [1.29, 1.82) is 0 Å². The average Bonchev–Trinajstić information content (AvgIpc) is 2.85. The maximum atomic E-state index is 3.54. The molecule has 106 valence electrons. The average molecular weight is 285 g/mol. The molecule has 0 fully saturated rings. The molecule has 20 heavy (non-hydrogen) atoms. The first-order chi connectivity index (χ1) is 9.88. The van der Waals surface area contributed by atoms with Gasteiger partial charge in [0.2, 0.25) is 0 Å². The van der Waals surface area contributed by atoms with Crippen LogP contribution in [0.15, 0.2) is 42.0 Å². The fourth-order valence-corrected chi connectivity index (χ4v) is 4.35. The van der Waals surface area contributed by atoms with Gasteiger partial charge in [-0.2, -0.15) is 0 Å². The first kappa shape index (κ1) is 13.8. The summed E-state index contributed by atoms with van der Waals surface area (Å²) >= 11 is 1.93. The van der Waals surface area contributed by atoms with Gasteiger partial charge in [0.15, 0.2) is 0 Å². The zero-order valence-electron chi connectivity index (χ0n) is 12.2. The van der Waals surface area contributed by atoms with Crippen LogP contribution in [0.1, 0.15) is 49.4 Å². The number of thiophene rings is 1. The van der Waals surface area contributed by atoms with Gasteiger partial charge in [-0.1, -0.05) is 42.7 Å². The molecule has 0 saturated heterocycles. The van der Waals surface area contributed by atoms with Gasteiger partial charge in [-0.15, -0.1) is 11.3 Å². The Morgan fingerprint density at radius 2 is 1.95 bits per heavy atom. The van der Waals surface area contributed by atoms with Crippen molar-refractivity contribution in [3.63, 3.8) is 0 Å². The van der Waals surface area contributed by atoms with Crippen LogP contribution in [0.4, 0.5) is 0 Å². The van der Waals surface area contributed by atoms with Crippen molar-refractivity contribution < 1.29 is 0 Å². The molecule has 3 rings (SSSR count). The predicted octanol–water partition coefficient (Wildman–Crippen LogP) is 5.44. The van der Waals surface area contributed by atoms with E-state index in [2.05, 4.69) is 48.8 Å². The Kier molecular flexibility index (Phi) is 4.54. The van der Waals surface area contributed by atoms with E-state index in [4.69, 9.17) is 0 Å². The van der Waals surface area contributed by atoms with Crippen LogP contribution >= 0.6 is 11.3 Å². The molecule has 1 unspecified atom stereocenters. The van der Waals surface area contributed by atoms with Gasteiger partial charge in [-0.25, -0.2) is 0 Å². The van der Waals surface area contributed by atoms with Gasteiger partial charge in [0.1, 0.15) is 0 Å². The van der Waals surface area contributed by atoms with Gasteiger partial charge in [-0.3, -0.25) is 0 Å². The number of fused-ring (bicyclic) bond motifs is 1. The fourth-order valence-electron chi connectivity index (χ4n) is 3.13. The van der Waals surface area contributed by atoms with Crippen molar-refractivity contribution in [2.45, 2.75) is 44.6 Å². The number of rotatable bonds is 3. The lowest BCUT2D eigenvalue weighted by atomic mass is 9.94. The number of allylic oxidation sites excluding steroid dienone is 1. The largest absolute Gasteiger partial charge is 0.309 e. The highest BCUT2D eigenvalue weighted by atomic mass is 32.1. The number of likely N-dealkylation sites (N-methyl/N-ethyl adjacent to an activating group) is 1. The fraction of sp³-hybridized carbons (Fsp3) is 0.444. The third kappa shape index (κ3) is 2.97. The lowest BCUT2D eigenvalue weighted by Gasteiger charge is -2.20. The second kappa shape index (κ2) is 6.55. The summed E-state index contributed by atoms with van der Waals surface area (Å²) in [5.74, 6) is 0. The molecule has 1 atom stereocenters. The van der Waals surface area contributed by atoms with Crippen LogP contribution in [0.2, 0.25) is 0 Å². The monoisotopic (exact) mass is 285 g/mol. The van der Waals surface area contributed by atoms with Gasteiger partial charge in [0.05, 0.1) is 6.04 Å². The topological polar surface area (TPSA) is 12.0 Å². The Labute approximate surface area is 125 Å². The molecule has 1 heterocycles. The van der Waals surface area contributed by atoms with Crippen molar-refractivity contribution in [3.05, 3.63) is 46.9 Å². The van der Waals surface area contributed by atoms with Crippen molar-refractivity contribution in [1.82, 2.24) is 5.32 Å². The van der Waals surface area contributed by atoms with Gasteiger partial charge < -0.3 is 5.32 Å². The van der Waals surface area contributed by atoms with Crippen LogP contribution in [0.5, 0.6) is 0 Å². The van der Waals surface area contributed by atoms with Crippen LogP contribution in [0.3, 0.4) is 0 Å². The lowest BCUT2D eigenvalue weighted by Crippen LogP contribution is -2.18.